The molecule has 0 aromatic carbocycles. The Kier molecular flexibility index (Phi) is 17.4. The Morgan fingerprint density at radius 3 is 0.925 bits per heavy atom. The Bertz CT molecular complexity index is 881. The molecule has 0 N–H and O–H groups in total. The Hall–Kier alpha value is -2.36. The van der Waals surface area contributed by atoms with Crippen LogP contribution >= 0.6 is 0 Å². The van der Waals surface area contributed by atoms with Crippen molar-refractivity contribution in [2.75, 3.05) is 0 Å². The maximum atomic E-state index is 12.8. The molecule has 0 heterocycles. The topological polar surface area (TPSA) is 68.3 Å². The third-order valence-electron chi connectivity index (χ3n) is 8.21. The molecule has 0 amide bonds. The summed E-state index contributed by atoms with van der Waals surface area (Å²) in [4.78, 5) is 51.1. The summed E-state index contributed by atoms with van der Waals surface area (Å²) in [6, 6.07) is 0. The molecular weight excluding hydrogens is 496 g/mol. The summed E-state index contributed by atoms with van der Waals surface area (Å²) >= 11 is 0. The highest BCUT2D eigenvalue weighted by molar-refractivity contribution is 6.30. The van der Waals surface area contributed by atoms with Crippen LogP contribution in [-0.4, -0.2) is 23.1 Å². The predicted octanol–water partition coefficient (Wildman–Crippen LogP) is 9.62. The van der Waals surface area contributed by atoms with Gasteiger partial charge in [0, 0.05) is 22.3 Å². The molecule has 40 heavy (non-hydrogen) atoms. The molecule has 0 saturated carbocycles. The number of hydrogen-bond acceptors (Lipinski definition) is 4. The van der Waals surface area contributed by atoms with Gasteiger partial charge >= 0.3 is 0 Å². The maximum absolute atomic E-state index is 12.8. The van der Waals surface area contributed by atoms with Crippen LogP contribution in [-0.2, 0) is 19.2 Å². The van der Waals surface area contributed by atoms with Crippen LogP contribution in [0.4, 0.5) is 0 Å². The average Bonchev–Trinajstić information content (AvgIpc) is 2.94. The van der Waals surface area contributed by atoms with Crippen molar-refractivity contribution >= 4 is 23.1 Å². The van der Waals surface area contributed by atoms with E-state index in [1.54, 1.807) is 0 Å². The van der Waals surface area contributed by atoms with E-state index in [0.29, 0.717) is 24.0 Å². The first kappa shape index (κ1) is 33.8. The van der Waals surface area contributed by atoms with Gasteiger partial charge < -0.3 is 0 Å². The molecule has 0 aliphatic heterocycles. The van der Waals surface area contributed by atoms with E-state index in [1.165, 1.54) is 114 Å². The summed E-state index contributed by atoms with van der Waals surface area (Å²) in [5.41, 5.74) is 1.15. The molecule has 0 atom stereocenters. The molecular formula is C36H54O4. The van der Waals surface area contributed by atoms with Crippen LogP contribution in [0.3, 0.4) is 0 Å². The fraction of sp³-hybridized carbons (Fsp3) is 0.667. The molecule has 0 unspecified atom stereocenters. The zero-order chi connectivity index (χ0) is 29.0. The van der Waals surface area contributed by atoms with Crippen LogP contribution in [0.1, 0.15) is 155 Å². The van der Waals surface area contributed by atoms with Crippen LogP contribution in [0.5, 0.6) is 0 Å². The molecule has 0 spiro atoms. The highest BCUT2D eigenvalue weighted by Crippen LogP contribution is 2.27. The van der Waals surface area contributed by atoms with Gasteiger partial charge in [-0.1, -0.05) is 129 Å². The molecule has 222 valence electrons. The average molecular weight is 551 g/mol. The molecule has 2 aliphatic rings. The lowest BCUT2D eigenvalue weighted by molar-refractivity contribution is -0.116. The summed E-state index contributed by atoms with van der Waals surface area (Å²) in [5, 5.41) is 0. The van der Waals surface area contributed by atoms with Crippen LogP contribution < -0.4 is 0 Å². The molecule has 0 bridgehead atoms. The smallest absolute Gasteiger partial charge is 0.187 e. The third-order valence-corrected chi connectivity index (χ3v) is 8.21. The van der Waals surface area contributed by atoms with Gasteiger partial charge in [0.2, 0.25) is 0 Å². The fourth-order valence-electron chi connectivity index (χ4n) is 5.62. The summed E-state index contributed by atoms with van der Waals surface area (Å²) in [7, 11) is 0. The van der Waals surface area contributed by atoms with Crippen LogP contribution in [0.25, 0.3) is 0 Å². The summed E-state index contributed by atoms with van der Waals surface area (Å²) in [6.45, 7) is 4.47. The zero-order valence-electron chi connectivity index (χ0n) is 25.5. The van der Waals surface area contributed by atoms with Crippen molar-refractivity contribution in [2.45, 2.75) is 155 Å². The number of hydrogen-bond donors (Lipinski definition) is 0. The number of carbonyl (C=O) groups excluding carboxylic acids is 4. The minimum atomic E-state index is -0.347. The molecule has 0 radical (unpaired) electrons. The van der Waals surface area contributed by atoms with E-state index in [-0.39, 0.29) is 34.3 Å². The second-order valence-corrected chi connectivity index (χ2v) is 11.8. The number of carbonyl (C=O) groups is 4. The standard InChI is InChI=1S/C36H54O4/c1-3-5-7-9-11-13-15-17-19-21-23-29-25-35(39)31(27-33(29)37)32-28-34(38)30(26-36(32)40)24-22-20-18-16-14-12-10-8-6-4-2/h25-28H,3-24H2,1-2H3. The van der Waals surface area contributed by atoms with Gasteiger partial charge in [0.15, 0.2) is 23.1 Å². The van der Waals surface area contributed by atoms with E-state index >= 15 is 0 Å². The van der Waals surface area contributed by atoms with Gasteiger partial charge in [0.05, 0.1) is 0 Å². The lowest BCUT2D eigenvalue weighted by Gasteiger charge is -2.17. The van der Waals surface area contributed by atoms with Gasteiger partial charge in [-0.3, -0.25) is 19.2 Å². The van der Waals surface area contributed by atoms with E-state index in [0.717, 1.165) is 38.5 Å². The Morgan fingerprint density at radius 1 is 0.350 bits per heavy atom. The van der Waals surface area contributed by atoms with E-state index in [1.807, 2.05) is 0 Å². The van der Waals surface area contributed by atoms with Gasteiger partial charge in [-0.05, 0) is 50.0 Å². The first-order valence-electron chi connectivity index (χ1n) is 16.5. The number of ketones is 4. The van der Waals surface area contributed by atoms with Crippen LogP contribution in [0.15, 0.2) is 46.6 Å². The van der Waals surface area contributed by atoms with Crippen molar-refractivity contribution in [3.63, 3.8) is 0 Å². The van der Waals surface area contributed by atoms with Gasteiger partial charge in [0.25, 0.3) is 0 Å². The minimum absolute atomic E-state index is 0.0596. The van der Waals surface area contributed by atoms with Gasteiger partial charge in [-0.25, -0.2) is 0 Å². The van der Waals surface area contributed by atoms with Gasteiger partial charge in [0.1, 0.15) is 0 Å². The van der Waals surface area contributed by atoms with Crippen molar-refractivity contribution < 1.29 is 19.2 Å². The van der Waals surface area contributed by atoms with Crippen molar-refractivity contribution in [3.05, 3.63) is 46.6 Å². The first-order chi connectivity index (χ1) is 19.5. The number of rotatable bonds is 23. The van der Waals surface area contributed by atoms with Crippen LogP contribution in [0, 0.1) is 0 Å². The van der Waals surface area contributed by atoms with E-state index in [4.69, 9.17) is 0 Å². The van der Waals surface area contributed by atoms with E-state index in [9.17, 15) is 19.2 Å². The molecule has 0 aromatic rings. The van der Waals surface area contributed by atoms with Gasteiger partial charge in [-0.2, -0.15) is 0 Å². The predicted molar refractivity (Wildman–Crippen MR) is 165 cm³/mol. The highest BCUT2D eigenvalue weighted by atomic mass is 16.1. The Balaban J connectivity index is 1.69. The first-order valence-corrected chi connectivity index (χ1v) is 16.5. The van der Waals surface area contributed by atoms with Crippen molar-refractivity contribution in [3.8, 4) is 0 Å². The van der Waals surface area contributed by atoms with E-state index in [2.05, 4.69) is 13.8 Å². The third kappa shape index (κ3) is 12.9. The van der Waals surface area contributed by atoms with Crippen molar-refractivity contribution in [2.24, 2.45) is 0 Å². The molecule has 0 saturated heterocycles. The van der Waals surface area contributed by atoms with Crippen LogP contribution in [0.2, 0.25) is 0 Å². The van der Waals surface area contributed by atoms with Crippen molar-refractivity contribution in [1.29, 1.82) is 0 Å². The lowest BCUT2D eigenvalue weighted by atomic mass is 9.84. The Morgan fingerprint density at radius 2 is 0.625 bits per heavy atom. The largest absolute Gasteiger partial charge is 0.290 e. The van der Waals surface area contributed by atoms with Crippen molar-refractivity contribution in [1.82, 2.24) is 0 Å². The molecule has 2 aliphatic carbocycles. The SMILES string of the molecule is CCCCCCCCCCCCC1=CC(=O)C(C2=CC(=O)C(CCCCCCCCCCCC)=CC2=O)=CC1=O. The number of allylic oxidation sites excluding steroid dienone is 8. The zero-order valence-corrected chi connectivity index (χ0v) is 25.5. The second-order valence-electron chi connectivity index (χ2n) is 11.8. The number of unbranched alkanes of at least 4 members (excludes halogenated alkanes) is 18. The molecule has 2 rings (SSSR count). The quantitative estimate of drug-likeness (QED) is 0.0938. The highest BCUT2D eigenvalue weighted by Gasteiger charge is 2.29. The monoisotopic (exact) mass is 550 g/mol. The lowest BCUT2D eigenvalue weighted by Crippen LogP contribution is -2.21. The Labute approximate surface area is 243 Å². The van der Waals surface area contributed by atoms with Gasteiger partial charge in [-0.15, -0.1) is 0 Å². The molecule has 0 aromatic heterocycles. The minimum Gasteiger partial charge on any atom is -0.290 e. The summed E-state index contributed by atoms with van der Waals surface area (Å²) < 4.78 is 0. The second kappa shape index (κ2) is 20.5. The molecule has 4 nitrogen and oxygen atoms in total. The summed E-state index contributed by atoms with van der Waals surface area (Å²) in [5.74, 6) is -1.13. The maximum Gasteiger partial charge on any atom is 0.187 e. The molecule has 0 fully saturated rings. The fourth-order valence-corrected chi connectivity index (χ4v) is 5.62. The van der Waals surface area contributed by atoms with E-state index < -0.39 is 0 Å². The normalized spacial score (nSPS) is 15.8. The summed E-state index contributed by atoms with van der Waals surface area (Å²) in [6.07, 6.45) is 30.8. The molecule has 4 heteroatoms.